The molecule has 0 aromatic carbocycles. The Morgan fingerprint density at radius 1 is 1.47 bits per heavy atom. The van der Waals surface area contributed by atoms with Gasteiger partial charge in [-0.3, -0.25) is 0 Å². The van der Waals surface area contributed by atoms with E-state index >= 15 is 0 Å². The van der Waals surface area contributed by atoms with E-state index in [0.717, 1.165) is 25.0 Å². The lowest BCUT2D eigenvalue weighted by atomic mass is 9.78. The lowest BCUT2D eigenvalue weighted by molar-refractivity contribution is 0.198. The van der Waals surface area contributed by atoms with E-state index < -0.39 is 0 Å². The van der Waals surface area contributed by atoms with E-state index in [1.54, 1.807) is 0 Å². The summed E-state index contributed by atoms with van der Waals surface area (Å²) in [5.41, 5.74) is 0.486. The zero-order valence-electron chi connectivity index (χ0n) is 12.4. The monoisotopic (exact) mass is 261 g/mol. The Bertz CT molecular complexity index is 400. The summed E-state index contributed by atoms with van der Waals surface area (Å²) in [6, 6.07) is 0. The predicted octanol–water partition coefficient (Wildman–Crippen LogP) is 4.09. The van der Waals surface area contributed by atoms with Gasteiger partial charge in [-0.15, -0.1) is 6.58 Å². The quantitative estimate of drug-likeness (QED) is 0.749. The second-order valence-corrected chi connectivity index (χ2v) is 6.35. The number of nitrogens with zero attached hydrogens (tertiary/aromatic N) is 2. The summed E-state index contributed by atoms with van der Waals surface area (Å²) in [7, 11) is 0. The van der Waals surface area contributed by atoms with Gasteiger partial charge in [-0.2, -0.15) is 0 Å². The van der Waals surface area contributed by atoms with E-state index in [9.17, 15) is 0 Å². The molecular weight excluding hydrogens is 234 g/mol. The van der Waals surface area contributed by atoms with Crippen molar-refractivity contribution in [1.82, 2.24) is 9.55 Å². The smallest absolute Gasteiger partial charge is 0.203 e. The topological polar surface area (TPSA) is 29.9 Å². The third-order valence-corrected chi connectivity index (χ3v) is 4.13. The fraction of sp³-hybridized carbons (Fsp3) is 0.688. The van der Waals surface area contributed by atoms with Gasteiger partial charge in [-0.25, -0.2) is 4.98 Å². The normalized spacial score (nSPS) is 17.8. The van der Waals surface area contributed by atoms with Crippen LogP contribution < -0.4 is 5.32 Å². The number of rotatable bonds is 7. The highest BCUT2D eigenvalue weighted by molar-refractivity contribution is 5.27. The van der Waals surface area contributed by atoms with Crippen LogP contribution in [-0.4, -0.2) is 16.1 Å². The molecule has 3 heteroatoms. The summed E-state index contributed by atoms with van der Waals surface area (Å²) in [6.07, 6.45) is 12.7. The van der Waals surface area contributed by atoms with Gasteiger partial charge in [0.25, 0.3) is 0 Å². The second kappa shape index (κ2) is 6.27. The molecule has 1 aliphatic carbocycles. The molecule has 1 aliphatic rings. The van der Waals surface area contributed by atoms with Crippen LogP contribution in [0.1, 0.15) is 46.0 Å². The highest BCUT2D eigenvalue weighted by Gasteiger charge is 2.35. The standard InChI is InChI=1S/C16H27N3/c1-4-9-17-15-18-10-11-19(15)13-16(12-14(2)3)7-5-6-8-16/h4,10-11,14H,1,5-9,12-13H2,2-3H3,(H,17,18). The van der Waals surface area contributed by atoms with Crippen molar-refractivity contribution in [2.45, 2.75) is 52.5 Å². The maximum atomic E-state index is 4.41. The van der Waals surface area contributed by atoms with Crippen LogP contribution >= 0.6 is 0 Å². The van der Waals surface area contributed by atoms with Gasteiger partial charge >= 0.3 is 0 Å². The van der Waals surface area contributed by atoms with Crippen LogP contribution in [0.5, 0.6) is 0 Å². The summed E-state index contributed by atoms with van der Waals surface area (Å²) in [4.78, 5) is 4.41. The molecule has 0 saturated heterocycles. The fourth-order valence-corrected chi connectivity index (χ4v) is 3.55. The van der Waals surface area contributed by atoms with E-state index in [-0.39, 0.29) is 0 Å². The minimum absolute atomic E-state index is 0.486. The zero-order valence-corrected chi connectivity index (χ0v) is 12.4. The first kappa shape index (κ1) is 14.2. The summed E-state index contributed by atoms with van der Waals surface area (Å²) in [6.45, 7) is 10.3. The third kappa shape index (κ3) is 3.62. The summed E-state index contributed by atoms with van der Waals surface area (Å²) < 4.78 is 2.29. The molecule has 0 unspecified atom stereocenters. The van der Waals surface area contributed by atoms with Gasteiger partial charge in [-0.1, -0.05) is 32.8 Å². The molecule has 2 rings (SSSR count). The Morgan fingerprint density at radius 3 is 2.84 bits per heavy atom. The number of hydrogen-bond donors (Lipinski definition) is 1. The minimum atomic E-state index is 0.486. The first-order valence-electron chi connectivity index (χ1n) is 7.51. The van der Waals surface area contributed by atoms with Crippen molar-refractivity contribution in [1.29, 1.82) is 0 Å². The van der Waals surface area contributed by atoms with Crippen molar-refractivity contribution in [3.8, 4) is 0 Å². The first-order chi connectivity index (χ1) is 9.15. The molecular formula is C16H27N3. The van der Waals surface area contributed by atoms with Crippen molar-refractivity contribution in [3.63, 3.8) is 0 Å². The van der Waals surface area contributed by atoms with E-state index in [1.807, 2.05) is 12.3 Å². The van der Waals surface area contributed by atoms with Gasteiger partial charge in [0.2, 0.25) is 5.95 Å². The lowest BCUT2D eigenvalue weighted by Crippen LogP contribution is -2.26. The van der Waals surface area contributed by atoms with Crippen molar-refractivity contribution >= 4 is 5.95 Å². The number of hydrogen-bond acceptors (Lipinski definition) is 2. The summed E-state index contributed by atoms with van der Waals surface area (Å²) >= 11 is 0. The molecule has 106 valence electrons. The van der Waals surface area contributed by atoms with Gasteiger partial charge < -0.3 is 9.88 Å². The van der Waals surface area contributed by atoms with E-state index in [4.69, 9.17) is 0 Å². The summed E-state index contributed by atoms with van der Waals surface area (Å²) in [5, 5.41) is 3.32. The molecule has 1 heterocycles. The van der Waals surface area contributed by atoms with E-state index in [0.29, 0.717) is 5.41 Å². The lowest BCUT2D eigenvalue weighted by Gasteiger charge is -2.32. The highest BCUT2D eigenvalue weighted by atomic mass is 15.2. The average molecular weight is 261 g/mol. The Kier molecular flexibility index (Phi) is 4.67. The van der Waals surface area contributed by atoms with Crippen LogP contribution in [0.3, 0.4) is 0 Å². The molecule has 0 spiro atoms. The minimum Gasteiger partial charge on any atom is -0.352 e. The van der Waals surface area contributed by atoms with Crippen molar-refractivity contribution in [2.75, 3.05) is 11.9 Å². The number of aromatic nitrogens is 2. The average Bonchev–Trinajstić information content (AvgIpc) is 2.96. The van der Waals surface area contributed by atoms with Crippen LogP contribution in [0.25, 0.3) is 0 Å². The van der Waals surface area contributed by atoms with Crippen LogP contribution in [0.4, 0.5) is 5.95 Å². The Morgan fingerprint density at radius 2 is 2.21 bits per heavy atom. The molecule has 1 aromatic heterocycles. The van der Waals surface area contributed by atoms with Crippen molar-refractivity contribution < 1.29 is 0 Å². The molecule has 0 atom stereocenters. The molecule has 1 saturated carbocycles. The number of anilines is 1. The van der Waals surface area contributed by atoms with Gasteiger partial charge in [-0.05, 0) is 30.6 Å². The van der Waals surface area contributed by atoms with E-state index in [1.165, 1.54) is 32.1 Å². The molecule has 1 fully saturated rings. The number of nitrogens with one attached hydrogen (secondary N) is 1. The maximum absolute atomic E-state index is 4.41. The van der Waals surface area contributed by atoms with Crippen molar-refractivity contribution in [3.05, 3.63) is 25.0 Å². The predicted molar refractivity (Wildman–Crippen MR) is 81.3 cm³/mol. The molecule has 3 nitrogen and oxygen atoms in total. The summed E-state index contributed by atoms with van der Waals surface area (Å²) in [5.74, 6) is 1.75. The largest absolute Gasteiger partial charge is 0.352 e. The Balaban J connectivity index is 2.08. The SMILES string of the molecule is C=CCNc1nccn1CC1(CC(C)C)CCCC1. The van der Waals surface area contributed by atoms with E-state index in [2.05, 4.69) is 41.5 Å². The van der Waals surface area contributed by atoms with Crippen LogP contribution in [0.15, 0.2) is 25.0 Å². The molecule has 0 bridgehead atoms. The van der Waals surface area contributed by atoms with Gasteiger partial charge in [0.15, 0.2) is 0 Å². The molecule has 1 N–H and O–H groups in total. The molecule has 1 aromatic rings. The number of imidazole rings is 1. The second-order valence-electron chi connectivity index (χ2n) is 6.35. The fourth-order valence-electron chi connectivity index (χ4n) is 3.55. The highest BCUT2D eigenvalue weighted by Crippen LogP contribution is 2.44. The maximum Gasteiger partial charge on any atom is 0.203 e. The third-order valence-electron chi connectivity index (χ3n) is 4.13. The van der Waals surface area contributed by atoms with Crippen LogP contribution in [0.2, 0.25) is 0 Å². The molecule has 19 heavy (non-hydrogen) atoms. The molecule has 0 radical (unpaired) electrons. The van der Waals surface area contributed by atoms with Crippen LogP contribution in [-0.2, 0) is 6.54 Å². The van der Waals surface area contributed by atoms with Gasteiger partial charge in [0.1, 0.15) is 0 Å². The molecule has 0 amide bonds. The van der Waals surface area contributed by atoms with Crippen LogP contribution in [0, 0.1) is 11.3 Å². The van der Waals surface area contributed by atoms with Gasteiger partial charge in [0, 0.05) is 25.5 Å². The Labute approximate surface area is 117 Å². The van der Waals surface area contributed by atoms with Crippen molar-refractivity contribution in [2.24, 2.45) is 11.3 Å². The van der Waals surface area contributed by atoms with Gasteiger partial charge in [0.05, 0.1) is 0 Å². The zero-order chi connectivity index (χ0) is 13.7. The molecule has 0 aliphatic heterocycles. The first-order valence-corrected chi connectivity index (χ1v) is 7.51. The Hall–Kier alpha value is -1.25.